The topological polar surface area (TPSA) is 15.3 Å². The zero-order valence-electron chi connectivity index (χ0n) is 9.62. The highest BCUT2D eigenvalue weighted by Gasteiger charge is 2.19. The summed E-state index contributed by atoms with van der Waals surface area (Å²) in [4.78, 5) is 2.39. The minimum atomic E-state index is 0.835. The maximum absolute atomic E-state index is 3.54. The highest BCUT2D eigenvalue weighted by atomic mass is 32.1. The van der Waals surface area contributed by atoms with Gasteiger partial charge in [0.15, 0.2) is 0 Å². The average Bonchev–Trinajstić information content (AvgIpc) is 2.93. The fourth-order valence-corrected chi connectivity index (χ4v) is 2.51. The number of aryl methyl sites for hydroxylation is 1. The van der Waals surface area contributed by atoms with E-state index in [0.717, 1.165) is 25.7 Å². The second-order valence-electron chi connectivity index (χ2n) is 4.55. The van der Waals surface area contributed by atoms with E-state index < -0.39 is 0 Å². The lowest BCUT2D eigenvalue weighted by Crippen LogP contribution is -2.30. The summed E-state index contributed by atoms with van der Waals surface area (Å²) in [5, 5.41) is 8.03. The van der Waals surface area contributed by atoms with Gasteiger partial charge < -0.3 is 10.2 Å². The first-order chi connectivity index (χ1) is 7.25. The van der Waals surface area contributed by atoms with E-state index in [0.29, 0.717) is 0 Å². The van der Waals surface area contributed by atoms with Crippen LogP contribution in [0.5, 0.6) is 0 Å². The molecule has 1 fully saturated rings. The molecule has 1 saturated carbocycles. The number of hydrogen-bond acceptors (Lipinski definition) is 3. The maximum atomic E-state index is 3.54. The monoisotopic (exact) mass is 224 g/mol. The Morgan fingerprint density at radius 1 is 1.47 bits per heavy atom. The molecule has 1 aromatic heterocycles. The van der Waals surface area contributed by atoms with E-state index >= 15 is 0 Å². The molecular formula is C12H20N2S. The zero-order valence-corrected chi connectivity index (χ0v) is 10.4. The summed E-state index contributed by atoms with van der Waals surface area (Å²) >= 11 is 1.80. The molecule has 1 aliphatic carbocycles. The second-order valence-corrected chi connectivity index (χ2v) is 5.29. The molecule has 0 amide bonds. The third-order valence-electron chi connectivity index (χ3n) is 2.91. The first-order valence-electron chi connectivity index (χ1n) is 5.69. The molecule has 0 unspecified atom stereocenters. The van der Waals surface area contributed by atoms with Crippen LogP contribution in [0, 0.1) is 6.92 Å². The van der Waals surface area contributed by atoms with E-state index in [2.05, 4.69) is 34.9 Å². The summed E-state index contributed by atoms with van der Waals surface area (Å²) in [6.07, 6.45) is 2.76. The SMILES string of the molecule is Cc1cscc1CN(C)CCNC1CC1. The Bertz CT molecular complexity index is 304. The van der Waals surface area contributed by atoms with Crippen molar-refractivity contribution in [2.45, 2.75) is 32.4 Å². The third-order valence-corrected chi connectivity index (χ3v) is 3.82. The van der Waals surface area contributed by atoms with Crippen molar-refractivity contribution in [3.63, 3.8) is 0 Å². The molecule has 1 aromatic rings. The highest BCUT2D eigenvalue weighted by molar-refractivity contribution is 7.08. The van der Waals surface area contributed by atoms with Crippen LogP contribution in [0.3, 0.4) is 0 Å². The minimum absolute atomic E-state index is 0.835. The summed E-state index contributed by atoms with van der Waals surface area (Å²) < 4.78 is 0. The molecular weight excluding hydrogens is 204 g/mol. The summed E-state index contributed by atoms with van der Waals surface area (Å²) in [7, 11) is 2.20. The Kier molecular flexibility index (Phi) is 3.78. The highest BCUT2D eigenvalue weighted by Crippen LogP contribution is 2.18. The van der Waals surface area contributed by atoms with Crippen molar-refractivity contribution in [2.24, 2.45) is 0 Å². The summed E-state index contributed by atoms with van der Waals surface area (Å²) in [5.41, 5.74) is 2.91. The molecule has 1 N–H and O–H groups in total. The second kappa shape index (κ2) is 5.10. The van der Waals surface area contributed by atoms with Gasteiger partial charge in [-0.2, -0.15) is 11.3 Å². The fraction of sp³-hybridized carbons (Fsp3) is 0.667. The molecule has 1 heterocycles. The van der Waals surface area contributed by atoms with Crippen LogP contribution < -0.4 is 5.32 Å². The van der Waals surface area contributed by atoms with E-state index in [1.807, 2.05) is 0 Å². The van der Waals surface area contributed by atoms with Gasteiger partial charge in [0.25, 0.3) is 0 Å². The van der Waals surface area contributed by atoms with Gasteiger partial charge in [-0.15, -0.1) is 0 Å². The maximum Gasteiger partial charge on any atom is 0.0242 e. The van der Waals surface area contributed by atoms with Gasteiger partial charge in [0, 0.05) is 25.7 Å². The van der Waals surface area contributed by atoms with Crippen molar-refractivity contribution in [3.8, 4) is 0 Å². The molecule has 0 aliphatic heterocycles. The standard InChI is InChI=1S/C12H20N2S/c1-10-8-15-9-11(10)7-14(2)6-5-13-12-3-4-12/h8-9,12-13H,3-7H2,1-2H3. The molecule has 3 heteroatoms. The van der Waals surface area contributed by atoms with Crippen molar-refractivity contribution >= 4 is 11.3 Å². The van der Waals surface area contributed by atoms with Crippen LogP contribution in [0.1, 0.15) is 24.0 Å². The van der Waals surface area contributed by atoms with Gasteiger partial charge in [-0.25, -0.2) is 0 Å². The van der Waals surface area contributed by atoms with Crippen molar-refractivity contribution < 1.29 is 0 Å². The van der Waals surface area contributed by atoms with Crippen molar-refractivity contribution in [3.05, 3.63) is 21.9 Å². The number of nitrogens with one attached hydrogen (secondary N) is 1. The minimum Gasteiger partial charge on any atom is -0.313 e. The molecule has 2 rings (SSSR count). The summed E-state index contributed by atoms with van der Waals surface area (Å²) in [6, 6.07) is 0.835. The van der Waals surface area contributed by atoms with Gasteiger partial charge in [0.1, 0.15) is 0 Å². The lowest BCUT2D eigenvalue weighted by atomic mass is 10.2. The zero-order chi connectivity index (χ0) is 10.7. The van der Waals surface area contributed by atoms with Crippen LogP contribution in [0.15, 0.2) is 10.8 Å². The Labute approximate surface area is 96.3 Å². The first kappa shape index (κ1) is 11.1. The van der Waals surface area contributed by atoms with Gasteiger partial charge in [0.05, 0.1) is 0 Å². The van der Waals surface area contributed by atoms with Crippen LogP contribution in [-0.2, 0) is 6.54 Å². The molecule has 84 valence electrons. The van der Waals surface area contributed by atoms with Crippen LogP contribution in [0.4, 0.5) is 0 Å². The van der Waals surface area contributed by atoms with Gasteiger partial charge in [-0.05, 0) is 48.7 Å². The van der Waals surface area contributed by atoms with E-state index in [4.69, 9.17) is 0 Å². The molecule has 1 aliphatic rings. The van der Waals surface area contributed by atoms with Gasteiger partial charge in [-0.1, -0.05) is 0 Å². The quantitative estimate of drug-likeness (QED) is 0.797. The number of likely N-dealkylation sites (N-methyl/N-ethyl adjacent to an activating group) is 1. The number of rotatable bonds is 6. The van der Waals surface area contributed by atoms with Gasteiger partial charge >= 0.3 is 0 Å². The normalized spacial score (nSPS) is 16.2. The van der Waals surface area contributed by atoms with Gasteiger partial charge in [0.2, 0.25) is 0 Å². The van der Waals surface area contributed by atoms with Crippen LogP contribution in [0.25, 0.3) is 0 Å². The molecule has 0 atom stereocenters. The predicted octanol–water partition coefficient (Wildman–Crippen LogP) is 2.24. The molecule has 0 aromatic carbocycles. The van der Waals surface area contributed by atoms with Crippen LogP contribution in [-0.4, -0.2) is 31.1 Å². The number of hydrogen-bond donors (Lipinski definition) is 1. The average molecular weight is 224 g/mol. The van der Waals surface area contributed by atoms with Crippen LogP contribution in [0.2, 0.25) is 0 Å². The molecule has 0 saturated heterocycles. The molecule has 0 bridgehead atoms. The van der Waals surface area contributed by atoms with Gasteiger partial charge in [-0.3, -0.25) is 0 Å². The van der Waals surface area contributed by atoms with Crippen LogP contribution >= 0.6 is 11.3 Å². The lowest BCUT2D eigenvalue weighted by Gasteiger charge is -2.16. The van der Waals surface area contributed by atoms with E-state index in [1.165, 1.54) is 24.0 Å². The number of nitrogens with zero attached hydrogens (tertiary/aromatic N) is 1. The Morgan fingerprint density at radius 2 is 2.27 bits per heavy atom. The van der Waals surface area contributed by atoms with Crippen molar-refractivity contribution in [1.29, 1.82) is 0 Å². The number of thiophene rings is 1. The molecule has 0 radical (unpaired) electrons. The predicted molar refractivity (Wildman–Crippen MR) is 66.4 cm³/mol. The Hall–Kier alpha value is -0.380. The van der Waals surface area contributed by atoms with E-state index in [-0.39, 0.29) is 0 Å². The largest absolute Gasteiger partial charge is 0.313 e. The third kappa shape index (κ3) is 3.59. The lowest BCUT2D eigenvalue weighted by molar-refractivity contribution is 0.324. The van der Waals surface area contributed by atoms with Crippen molar-refractivity contribution in [2.75, 3.05) is 20.1 Å². The Balaban J connectivity index is 1.67. The fourth-order valence-electron chi connectivity index (χ4n) is 1.67. The molecule has 2 nitrogen and oxygen atoms in total. The smallest absolute Gasteiger partial charge is 0.0242 e. The van der Waals surface area contributed by atoms with E-state index in [9.17, 15) is 0 Å². The summed E-state index contributed by atoms with van der Waals surface area (Å²) in [6.45, 7) is 5.56. The molecule has 0 spiro atoms. The Morgan fingerprint density at radius 3 is 2.87 bits per heavy atom. The molecule has 15 heavy (non-hydrogen) atoms. The van der Waals surface area contributed by atoms with E-state index in [1.54, 1.807) is 11.3 Å². The first-order valence-corrected chi connectivity index (χ1v) is 6.63. The van der Waals surface area contributed by atoms with Crippen molar-refractivity contribution in [1.82, 2.24) is 10.2 Å². The summed E-state index contributed by atoms with van der Waals surface area (Å²) in [5.74, 6) is 0.